The van der Waals surface area contributed by atoms with Gasteiger partial charge in [-0.05, 0) is 30.5 Å². The Kier molecular flexibility index (Phi) is 5.54. The van der Waals surface area contributed by atoms with Crippen LogP contribution in [0, 0.1) is 6.92 Å². The number of aromatic nitrogens is 2. The Labute approximate surface area is 166 Å². The van der Waals surface area contributed by atoms with Crippen LogP contribution in [0.3, 0.4) is 0 Å². The van der Waals surface area contributed by atoms with Crippen LogP contribution in [0.15, 0.2) is 56.8 Å². The summed E-state index contributed by atoms with van der Waals surface area (Å²) in [7, 11) is -0.704. The molecule has 0 saturated carbocycles. The predicted octanol–water partition coefficient (Wildman–Crippen LogP) is 1.81. The van der Waals surface area contributed by atoms with Gasteiger partial charge in [-0.15, -0.1) is 11.3 Å². The first-order valence-electron chi connectivity index (χ1n) is 8.37. The van der Waals surface area contributed by atoms with Crippen LogP contribution in [0.2, 0.25) is 0 Å². The number of hydrogen-bond acceptors (Lipinski definition) is 5. The number of nitrogens with zero attached hydrogens (tertiary/aromatic N) is 3. The van der Waals surface area contributed by atoms with Gasteiger partial charge in [0.25, 0.3) is 15.6 Å². The van der Waals surface area contributed by atoms with E-state index in [9.17, 15) is 18.0 Å². The number of benzene rings is 1. The normalized spacial score (nSPS) is 11.7. The number of amides is 1. The number of hydrogen-bond donors (Lipinski definition) is 1. The topological polar surface area (TPSA) is 93.4 Å². The molecule has 0 aliphatic carbocycles. The van der Waals surface area contributed by atoms with Crippen LogP contribution in [0.5, 0.6) is 0 Å². The smallest absolute Gasteiger partial charge is 0.295 e. The van der Waals surface area contributed by atoms with Crippen molar-refractivity contribution in [3.63, 3.8) is 0 Å². The summed E-state index contributed by atoms with van der Waals surface area (Å²) in [6.45, 7) is 1.31. The molecule has 10 heteroatoms. The number of rotatable bonds is 6. The van der Waals surface area contributed by atoms with Crippen molar-refractivity contribution in [2.45, 2.75) is 11.1 Å². The predicted molar refractivity (Wildman–Crippen MR) is 109 cm³/mol. The molecule has 0 unspecified atom stereocenters. The molecule has 0 atom stereocenters. The highest BCUT2D eigenvalue weighted by Gasteiger charge is 2.25. The third-order valence-corrected chi connectivity index (χ3v) is 7.52. The van der Waals surface area contributed by atoms with Crippen molar-refractivity contribution in [1.29, 1.82) is 0 Å². The number of nitrogens with one attached hydrogen (secondary N) is 1. The van der Waals surface area contributed by atoms with Crippen molar-refractivity contribution in [2.24, 2.45) is 7.05 Å². The number of likely N-dealkylation sites (N-methyl/N-ethyl adjacent to an activating group) is 1. The molecule has 0 bridgehead atoms. The molecule has 0 spiro atoms. The molecule has 1 amide bonds. The fourth-order valence-electron chi connectivity index (χ4n) is 2.74. The first-order chi connectivity index (χ1) is 13.2. The lowest BCUT2D eigenvalue weighted by Gasteiger charge is -2.15. The fraction of sp³-hybridized carbons (Fsp3) is 0.222. The summed E-state index contributed by atoms with van der Waals surface area (Å²) in [6, 6.07) is 12.1. The third-order valence-electron chi connectivity index (χ3n) is 4.34. The van der Waals surface area contributed by atoms with E-state index in [4.69, 9.17) is 0 Å². The van der Waals surface area contributed by atoms with E-state index in [0.29, 0.717) is 11.4 Å². The van der Waals surface area contributed by atoms with Crippen molar-refractivity contribution in [3.8, 4) is 5.69 Å². The molecule has 0 saturated heterocycles. The highest BCUT2D eigenvalue weighted by molar-refractivity contribution is 7.91. The Hall–Kier alpha value is -2.69. The summed E-state index contributed by atoms with van der Waals surface area (Å²) in [5.74, 6) is -0.589. The molecule has 1 aromatic carbocycles. The molecule has 0 radical (unpaired) electrons. The monoisotopic (exact) mass is 420 g/mol. The largest absolute Gasteiger partial charge is 0.319 e. The van der Waals surface area contributed by atoms with Crippen LogP contribution >= 0.6 is 11.3 Å². The van der Waals surface area contributed by atoms with Crippen molar-refractivity contribution >= 4 is 33.0 Å². The van der Waals surface area contributed by atoms with Crippen molar-refractivity contribution in [2.75, 3.05) is 18.9 Å². The van der Waals surface area contributed by atoms with E-state index in [-0.39, 0.29) is 15.5 Å². The van der Waals surface area contributed by atoms with Gasteiger partial charge in [-0.2, -0.15) is 4.31 Å². The van der Waals surface area contributed by atoms with Gasteiger partial charge in [-0.3, -0.25) is 14.3 Å². The van der Waals surface area contributed by atoms with Gasteiger partial charge in [0.1, 0.15) is 9.90 Å². The van der Waals surface area contributed by atoms with E-state index in [1.165, 1.54) is 17.8 Å². The van der Waals surface area contributed by atoms with Crippen LogP contribution in [0.4, 0.5) is 5.69 Å². The Balaban J connectivity index is 1.83. The lowest BCUT2D eigenvalue weighted by Crippen LogP contribution is -2.35. The van der Waals surface area contributed by atoms with Gasteiger partial charge in [0.05, 0.1) is 17.9 Å². The van der Waals surface area contributed by atoms with Crippen molar-refractivity contribution < 1.29 is 13.2 Å². The van der Waals surface area contributed by atoms with Gasteiger partial charge < -0.3 is 5.32 Å². The summed E-state index contributed by atoms with van der Waals surface area (Å²) in [6.07, 6.45) is 0. The van der Waals surface area contributed by atoms with Crippen LogP contribution in [0.25, 0.3) is 5.69 Å². The molecular weight excluding hydrogens is 400 g/mol. The van der Waals surface area contributed by atoms with E-state index >= 15 is 0 Å². The number of carbonyl (C=O) groups excluding carboxylic acids is 1. The maximum atomic E-state index is 12.8. The average molecular weight is 421 g/mol. The van der Waals surface area contributed by atoms with E-state index in [1.54, 1.807) is 42.2 Å². The minimum Gasteiger partial charge on any atom is -0.319 e. The van der Waals surface area contributed by atoms with E-state index in [1.807, 2.05) is 18.2 Å². The van der Waals surface area contributed by atoms with E-state index in [0.717, 1.165) is 15.6 Å². The number of thiophene rings is 1. The Morgan fingerprint density at radius 3 is 2.46 bits per heavy atom. The van der Waals surface area contributed by atoms with Gasteiger partial charge in [-0.1, -0.05) is 24.3 Å². The van der Waals surface area contributed by atoms with Crippen LogP contribution < -0.4 is 10.9 Å². The molecule has 0 aliphatic rings. The fourth-order valence-corrected chi connectivity index (χ4v) is 5.07. The summed E-state index contributed by atoms with van der Waals surface area (Å²) in [4.78, 5) is 25.2. The van der Waals surface area contributed by atoms with Gasteiger partial charge in [-0.25, -0.2) is 13.1 Å². The van der Waals surface area contributed by atoms with Crippen molar-refractivity contribution in [3.05, 3.63) is 63.9 Å². The highest BCUT2D eigenvalue weighted by Crippen LogP contribution is 2.20. The molecule has 2 aromatic heterocycles. The zero-order chi connectivity index (χ0) is 20.5. The van der Waals surface area contributed by atoms with Crippen LogP contribution in [-0.4, -0.2) is 41.6 Å². The molecule has 3 rings (SSSR count). The second-order valence-electron chi connectivity index (χ2n) is 6.18. The molecule has 0 fully saturated rings. The third kappa shape index (κ3) is 3.66. The van der Waals surface area contributed by atoms with Crippen molar-refractivity contribution in [1.82, 2.24) is 13.7 Å². The zero-order valence-electron chi connectivity index (χ0n) is 15.6. The molecule has 2 heterocycles. The Bertz CT molecular complexity index is 1150. The summed E-state index contributed by atoms with van der Waals surface area (Å²) in [5, 5.41) is 4.21. The first kappa shape index (κ1) is 20.1. The molecule has 0 aliphatic heterocycles. The quantitative estimate of drug-likeness (QED) is 0.658. The molecular formula is C18H20N4O4S2. The van der Waals surface area contributed by atoms with Crippen LogP contribution in [0.1, 0.15) is 5.69 Å². The summed E-state index contributed by atoms with van der Waals surface area (Å²) in [5.41, 5.74) is 0.962. The first-order valence-corrected chi connectivity index (χ1v) is 10.7. The number of para-hydroxylation sites is 1. The minimum absolute atomic E-state index is 0.123. The maximum absolute atomic E-state index is 12.8. The van der Waals surface area contributed by atoms with Gasteiger partial charge in [0.2, 0.25) is 5.91 Å². The lowest BCUT2D eigenvalue weighted by atomic mass is 10.3. The number of carbonyl (C=O) groups is 1. The molecule has 1 N–H and O–H groups in total. The Morgan fingerprint density at radius 2 is 1.86 bits per heavy atom. The van der Waals surface area contributed by atoms with E-state index in [2.05, 4.69) is 5.32 Å². The molecule has 28 heavy (non-hydrogen) atoms. The number of sulfonamides is 1. The van der Waals surface area contributed by atoms with Gasteiger partial charge in [0, 0.05) is 14.1 Å². The molecule has 148 valence electrons. The van der Waals surface area contributed by atoms with Crippen LogP contribution in [-0.2, 0) is 21.9 Å². The number of anilines is 1. The molecule has 3 aromatic rings. The average Bonchev–Trinajstić information content (AvgIpc) is 3.27. The molecule has 8 nitrogen and oxygen atoms in total. The second-order valence-corrected chi connectivity index (χ2v) is 9.40. The lowest BCUT2D eigenvalue weighted by molar-refractivity contribution is -0.116. The zero-order valence-corrected chi connectivity index (χ0v) is 17.3. The highest BCUT2D eigenvalue weighted by atomic mass is 32.2. The van der Waals surface area contributed by atoms with E-state index < -0.39 is 22.5 Å². The SMILES string of the molecule is Cc1c(NC(=O)CN(C)S(=O)(=O)c2cccs2)c(=O)n(-c2ccccc2)n1C. The summed E-state index contributed by atoms with van der Waals surface area (Å²) >= 11 is 1.08. The summed E-state index contributed by atoms with van der Waals surface area (Å²) < 4.78 is 29.1. The minimum atomic E-state index is -3.75. The van der Waals surface area contributed by atoms with Gasteiger partial charge in [0.15, 0.2) is 0 Å². The second kappa shape index (κ2) is 7.74. The van der Waals surface area contributed by atoms with Gasteiger partial charge >= 0.3 is 0 Å². The maximum Gasteiger partial charge on any atom is 0.295 e. The Morgan fingerprint density at radius 1 is 1.18 bits per heavy atom. The standard InChI is InChI=1S/C18H20N4O4S2/c1-13-17(18(24)22(21(13)3)14-8-5-4-6-9-14)19-15(23)12-20(2)28(25,26)16-10-7-11-27-16/h4-11H,12H2,1-3H3,(H,19,23).